The van der Waals surface area contributed by atoms with E-state index >= 15 is 0 Å². The molecule has 1 aromatic heterocycles. The van der Waals surface area contributed by atoms with Crippen molar-refractivity contribution in [2.45, 2.75) is 6.04 Å². The summed E-state index contributed by atoms with van der Waals surface area (Å²) in [5.74, 6) is -1.17. The largest absolute Gasteiger partial charge is 0.503 e. The van der Waals surface area contributed by atoms with Gasteiger partial charge in [0.15, 0.2) is 11.5 Å². The summed E-state index contributed by atoms with van der Waals surface area (Å²) in [7, 11) is 3.75. The number of aliphatic hydroxyl groups is 1. The smallest absolute Gasteiger partial charge is 0.290 e. The number of furan rings is 1. The Labute approximate surface area is 178 Å². The maximum Gasteiger partial charge on any atom is 0.290 e. The number of halogens is 2. The van der Waals surface area contributed by atoms with Crippen molar-refractivity contribution >= 4 is 41.0 Å². The first-order chi connectivity index (χ1) is 13.8. The van der Waals surface area contributed by atoms with Crippen LogP contribution in [0, 0.1) is 0 Å². The second-order valence-corrected chi connectivity index (χ2v) is 7.67. The molecule has 8 heteroatoms. The molecule has 29 heavy (non-hydrogen) atoms. The number of carbonyl (C=O) groups is 2. The van der Waals surface area contributed by atoms with Crippen molar-refractivity contribution in [1.29, 1.82) is 0 Å². The van der Waals surface area contributed by atoms with E-state index < -0.39 is 23.5 Å². The molecule has 1 N–H and O–H groups in total. The standard InChI is InChI=1S/C21H20Cl2N2O4/c1-24(2)9-10-25-19(13-5-7-15(22)16(23)12-13)18(20(27)21(25)28)17(26)8-6-14-4-3-11-29-14/h3-8,11-12,19,27H,9-10H2,1-2H3/b8-6+. The van der Waals surface area contributed by atoms with Gasteiger partial charge in [-0.05, 0) is 56.1 Å². The summed E-state index contributed by atoms with van der Waals surface area (Å²) in [6.45, 7) is 0.875. The van der Waals surface area contributed by atoms with Crippen LogP contribution >= 0.6 is 23.2 Å². The quantitative estimate of drug-likeness (QED) is 0.663. The molecule has 0 aliphatic carbocycles. The molecule has 0 radical (unpaired) electrons. The Hall–Kier alpha value is -2.54. The molecule has 0 bridgehead atoms. The van der Waals surface area contributed by atoms with Crippen LogP contribution in [0.5, 0.6) is 0 Å². The Kier molecular flexibility index (Phi) is 6.47. The minimum atomic E-state index is -0.772. The Morgan fingerprint density at radius 1 is 1.28 bits per heavy atom. The van der Waals surface area contributed by atoms with Gasteiger partial charge in [-0.1, -0.05) is 29.3 Å². The van der Waals surface area contributed by atoms with Gasteiger partial charge in [-0.2, -0.15) is 0 Å². The number of hydrogen-bond donors (Lipinski definition) is 1. The van der Waals surface area contributed by atoms with Crippen molar-refractivity contribution in [3.05, 3.63) is 75.4 Å². The van der Waals surface area contributed by atoms with Crippen LogP contribution in [-0.2, 0) is 9.59 Å². The van der Waals surface area contributed by atoms with Gasteiger partial charge < -0.3 is 19.3 Å². The van der Waals surface area contributed by atoms with Gasteiger partial charge in [-0.3, -0.25) is 9.59 Å². The molecule has 0 spiro atoms. The lowest BCUT2D eigenvalue weighted by Gasteiger charge is -2.28. The molecular weight excluding hydrogens is 415 g/mol. The molecule has 6 nitrogen and oxygen atoms in total. The fraction of sp³-hybridized carbons (Fsp3) is 0.238. The van der Waals surface area contributed by atoms with E-state index in [1.165, 1.54) is 23.3 Å². The van der Waals surface area contributed by atoms with E-state index in [0.717, 1.165) is 0 Å². The van der Waals surface area contributed by atoms with Crippen molar-refractivity contribution in [3.63, 3.8) is 0 Å². The van der Waals surface area contributed by atoms with E-state index in [1.54, 1.807) is 30.3 Å². The van der Waals surface area contributed by atoms with Gasteiger partial charge in [0.25, 0.3) is 5.91 Å². The van der Waals surface area contributed by atoms with Crippen LogP contribution in [0.2, 0.25) is 10.0 Å². The Morgan fingerprint density at radius 3 is 2.66 bits per heavy atom. The lowest BCUT2D eigenvalue weighted by molar-refractivity contribution is -0.129. The molecule has 1 amide bonds. The summed E-state index contributed by atoms with van der Waals surface area (Å²) >= 11 is 12.2. The zero-order chi connectivity index (χ0) is 21.1. The van der Waals surface area contributed by atoms with Gasteiger partial charge in [0.2, 0.25) is 0 Å². The Bertz CT molecular complexity index is 981. The molecule has 1 unspecified atom stereocenters. The van der Waals surface area contributed by atoms with Crippen molar-refractivity contribution in [1.82, 2.24) is 9.80 Å². The van der Waals surface area contributed by atoms with Crippen LogP contribution in [0.1, 0.15) is 17.4 Å². The van der Waals surface area contributed by atoms with Crippen LogP contribution in [0.15, 0.2) is 58.4 Å². The SMILES string of the molecule is CN(C)CCN1C(=O)C(O)=C(C(=O)/C=C/c2ccco2)C1c1ccc(Cl)c(Cl)c1. The molecule has 1 atom stereocenters. The van der Waals surface area contributed by atoms with E-state index in [9.17, 15) is 14.7 Å². The third-order valence-electron chi connectivity index (χ3n) is 4.56. The van der Waals surface area contributed by atoms with E-state index in [0.29, 0.717) is 34.5 Å². The predicted octanol–water partition coefficient (Wildman–Crippen LogP) is 4.13. The summed E-state index contributed by atoms with van der Waals surface area (Å²) < 4.78 is 5.19. The molecule has 1 aromatic carbocycles. The summed E-state index contributed by atoms with van der Waals surface area (Å²) in [6.07, 6.45) is 4.25. The van der Waals surface area contributed by atoms with Gasteiger partial charge >= 0.3 is 0 Å². The number of ketones is 1. The molecule has 152 valence electrons. The van der Waals surface area contributed by atoms with Crippen LogP contribution in [-0.4, -0.2) is 53.8 Å². The summed E-state index contributed by atoms with van der Waals surface area (Å²) in [4.78, 5) is 29.0. The van der Waals surface area contributed by atoms with Crippen LogP contribution < -0.4 is 0 Å². The van der Waals surface area contributed by atoms with Gasteiger partial charge in [0, 0.05) is 13.1 Å². The number of nitrogens with zero attached hydrogens (tertiary/aromatic N) is 2. The van der Waals surface area contributed by atoms with E-state index in [4.69, 9.17) is 27.6 Å². The lowest BCUT2D eigenvalue weighted by atomic mass is 9.95. The second kappa shape index (κ2) is 8.86. The molecule has 0 fully saturated rings. The highest BCUT2D eigenvalue weighted by Gasteiger charge is 2.42. The Morgan fingerprint density at radius 2 is 2.03 bits per heavy atom. The van der Waals surface area contributed by atoms with Gasteiger partial charge in [-0.25, -0.2) is 0 Å². The third-order valence-corrected chi connectivity index (χ3v) is 5.30. The minimum Gasteiger partial charge on any atom is -0.503 e. The minimum absolute atomic E-state index is 0.00467. The molecule has 1 aliphatic heterocycles. The number of hydrogen-bond acceptors (Lipinski definition) is 5. The van der Waals surface area contributed by atoms with E-state index in [2.05, 4.69) is 0 Å². The number of benzene rings is 1. The molecular formula is C21H20Cl2N2O4. The third kappa shape index (κ3) is 4.56. The fourth-order valence-electron chi connectivity index (χ4n) is 3.11. The molecule has 0 saturated carbocycles. The predicted molar refractivity (Wildman–Crippen MR) is 112 cm³/mol. The molecule has 2 heterocycles. The maximum absolute atomic E-state index is 12.9. The van der Waals surface area contributed by atoms with Crippen molar-refractivity contribution in [2.24, 2.45) is 0 Å². The van der Waals surface area contributed by atoms with Gasteiger partial charge in [0.1, 0.15) is 5.76 Å². The fourth-order valence-corrected chi connectivity index (χ4v) is 3.41. The number of aliphatic hydroxyl groups excluding tert-OH is 1. The van der Waals surface area contributed by atoms with Crippen LogP contribution in [0.4, 0.5) is 0 Å². The average molecular weight is 435 g/mol. The molecule has 2 aromatic rings. The number of allylic oxidation sites excluding steroid dienone is 1. The Balaban J connectivity index is 2.01. The van der Waals surface area contributed by atoms with Gasteiger partial charge in [0.05, 0.1) is 27.9 Å². The monoisotopic (exact) mass is 434 g/mol. The van der Waals surface area contributed by atoms with Crippen molar-refractivity contribution in [2.75, 3.05) is 27.2 Å². The van der Waals surface area contributed by atoms with Crippen molar-refractivity contribution in [3.8, 4) is 0 Å². The number of rotatable bonds is 7. The van der Waals surface area contributed by atoms with Crippen molar-refractivity contribution < 1.29 is 19.1 Å². The summed E-state index contributed by atoms with van der Waals surface area (Å²) in [6, 6.07) is 7.51. The number of carbonyl (C=O) groups excluding carboxylic acids is 2. The zero-order valence-corrected chi connectivity index (χ0v) is 17.4. The zero-order valence-electron chi connectivity index (χ0n) is 15.9. The first kappa shape index (κ1) is 21.2. The highest BCUT2D eigenvalue weighted by molar-refractivity contribution is 6.42. The molecule has 3 rings (SSSR count). The van der Waals surface area contributed by atoms with Crippen LogP contribution in [0.25, 0.3) is 6.08 Å². The highest BCUT2D eigenvalue weighted by Crippen LogP contribution is 2.39. The highest BCUT2D eigenvalue weighted by atomic mass is 35.5. The van der Waals surface area contributed by atoms with Crippen LogP contribution in [0.3, 0.4) is 0 Å². The number of amides is 1. The van der Waals surface area contributed by atoms with E-state index in [1.807, 2.05) is 19.0 Å². The second-order valence-electron chi connectivity index (χ2n) is 6.85. The molecule has 1 aliphatic rings. The normalized spacial score (nSPS) is 17.2. The first-order valence-electron chi connectivity index (χ1n) is 8.89. The van der Waals surface area contributed by atoms with E-state index in [-0.39, 0.29) is 5.57 Å². The lowest BCUT2D eigenvalue weighted by Crippen LogP contribution is -2.36. The number of likely N-dealkylation sites (N-methyl/N-ethyl adjacent to an activating group) is 1. The summed E-state index contributed by atoms with van der Waals surface area (Å²) in [5.41, 5.74) is 0.584. The maximum atomic E-state index is 12.9. The average Bonchev–Trinajstić information content (AvgIpc) is 3.28. The first-order valence-corrected chi connectivity index (χ1v) is 9.65. The topological polar surface area (TPSA) is 74.0 Å². The molecule has 0 saturated heterocycles. The van der Waals surface area contributed by atoms with Gasteiger partial charge in [-0.15, -0.1) is 0 Å². The summed E-state index contributed by atoms with van der Waals surface area (Å²) in [5, 5.41) is 11.2.